The molecule has 1 nitrogen and oxygen atoms in total. The number of hydrogen-bond donors (Lipinski definition) is 0. The minimum Gasteiger partial charge on any atom is -0.310 e. The highest BCUT2D eigenvalue weighted by Gasteiger charge is 2.52. The van der Waals surface area contributed by atoms with Crippen molar-refractivity contribution < 1.29 is 0 Å². The number of rotatable bonds is 6. The van der Waals surface area contributed by atoms with E-state index in [4.69, 9.17) is 0 Å². The quantitative estimate of drug-likeness (QED) is 0.166. The van der Waals surface area contributed by atoms with Crippen LogP contribution in [0.15, 0.2) is 224 Å². The van der Waals surface area contributed by atoms with Crippen molar-refractivity contribution in [1.29, 1.82) is 0 Å². The predicted molar refractivity (Wildman–Crippen MR) is 234 cm³/mol. The molecule has 0 aliphatic heterocycles. The topological polar surface area (TPSA) is 3.24 Å². The molecule has 2 aliphatic rings. The number of fused-ring (bicyclic) bond motifs is 10. The Morgan fingerprint density at radius 2 is 0.679 bits per heavy atom. The minimum atomic E-state index is -0.416. The van der Waals surface area contributed by atoms with Crippen LogP contribution in [-0.2, 0) is 5.41 Å². The lowest BCUT2D eigenvalue weighted by molar-refractivity contribution is 0.794. The van der Waals surface area contributed by atoms with Crippen molar-refractivity contribution in [2.75, 3.05) is 4.90 Å². The molecule has 0 bridgehead atoms. The molecule has 56 heavy (non-hydrogen) atoms. The largest absolute Gasteiger partial charge is 0.310 e. The molecule has 0 N–H and O–H groups in total. The van der Waals surface area contributed by atoms with Gasteiger partial charge >= 0.3 is 0 Å². The van der Waals surface area contributed by atoms with Crippen molar-refractivity contribution in [3.05, 3.63) is 247 Å². The fraction of sp³-hybridized carbons (Fsp3) is 0.0182. The first-order valence-corrected chi connectivity index (χ1v) is 19.4. The lowest BCUT2D eigenvalue weighted by atomic mass is 9.70. The second-order valence-corrected chi connectivity index (χ2v) is 14.8. The molecule has 0 unspecified atom stereocenters. The van der Waals surface area contributed by atoms with E-state index in [-0.39, 0.29) is 0 Å². The third kappa shape index (κ3) is 4.88. The Labute approximate surface area is 328 Å². The molecule has 0 saturated carbocycles. The van der Waals surface area contributed by atoms with Gasteiger partial charge in [0.1, 0.15) is 0 Å². The van der Waals surface area contributed by atoms with Gasteiger partial charge in [-0.1, -0.05) is 194 Å². The Balaban J connectivity index is 1.12. The number of benzene rings is 9. The summed E-state index contributed by atoms with van der Waals surface area (Å²) >= 11 is 0. The fourth-order valence-corrected chi connectivity index (χ4v) is 9.48. The van der Waals surface area contributed by atoms with Crippen molar-refractivity contribution in [3.8, 4) is 55.6 Å². The summed E-state index contributed by atoms with van der Waals surface area (Å²) in [5.41, 5.74) is 20.7. The monoisotopic (exact) mass is 711 g/mol. The maximum absolute atomic E-state index is 2.47. The third-order valence-electron chi connectivity index (χ3n) is 11.9. The Hall–Kier alpha value is -7.22. The van der Waals surface area contributed by atoms with Crippen molar-refractivity contribution in [2.45, 2.75) is 5.41 Å². The van der Waals surface area contributed by atoms with Gasteiger partial charge in [0, 0.05) is 16.9 Å². The van der Waals surface area contributed by atoms with Crippen LogP contribution >= 0.6 is 0 Å². The third-order valence-corrected chi connectivity index (χ3v) is 11.9. The van der Waals surface area contributed by atoms with Gasteiger partial charge in [0.2, 0.25) is 0 Å². The maximum Gasteiger partial charge on any atom is 0.0726 e. The summed E-state index contributed by atoms with van der Waals surface area (Å²) in [6.45, 7) is 0. The fourth-order valence-electron chi connectivity index (χ4n) is 9.48. The Morgan fingerprint density at radius 3 is 1.27 bits per heavy atom. The van der Waals surface area contributed by atoms with Crippen LogP contribution in [0.3, 0.4) is 0 Å². The molecule has 9 aromatic carbocycles. The number of anilines is 3. The average Bonchev–Trinajstić information content (AvgIpc) is 3.76. The van der Waals surface area contributed by atoms with E-state index in [2.05, 4.69) is 229 Å². The molecule has 1 heteroatoms. The summed E-state index contributed by atoms with van der Waals surface area (Å²) in [5, 5.41) is 0. The molecule has 0 fully saturated rings. The first-order valence-electron chi connectivity index (χ1n) is 19.4. The van der Waals surface area contributed by atoms with Gasteiger partial charge in [-0.05, 0) is 103 Å². The minimum absolute atomic E-state index is 0.416. The van der Waals surface area contributed by atoms with E-state index in [1.54, 1.807) is 0 Å². The second kappa shape index (κ2) is 13.0. The zero-order valence-electron chi connectivity index (χ0n) is 30.8. The molecule has 9 aromatic rings. The van der Waals surface area contributed by atoms with Crippen LogP contribution in [0.4, 0.5) is 17.1 Å². The summed E-state index contributed by atoms with van der Waals surface area (Å²) in [6.07, 6.45) is 0. The van der Waals surface area contributed by atoms with Crippen LogP contribution in [0.5, 0.6) is 0 Å². The van der Waals surface area contributed by atoms with E-state index in [1.165, 1.54) is 77.9 Å². The van der Waals surface area contributed by atoms with Gasteiger partial charge in [-0.25, -0.2) is 0 Å². The molecule has 2 aliphatic carbocycles. The zero-order valence-corrected chi connectivity index (χ0v) is 30.8. The van der Waals surface area contributed by atoms with E-state index < -0.39 is 5.41 Å². The molecule has 0 atom stereocenters. The zero-order chi connectivity index (χ0) is 37.1. The summed E-state index contributed by atoms with van der Waals surface area (Å²) in [6, 6.07) is 82.4. The van der Waals surface area contributed by atoms with Gasteiger partial charge in [-0.15, -0.1) is 0 Å². The van der Waals surface area contributed by atoms with Crippen LogP contribution in [0, 0.1) is 0 Å². The lowest BCUT2D eigenvalue weighted by Crippen LogP contribution is -2.26. The average molecular weight is 712 g/mol. The van der Waals surface area contributed by atoms with E-state index in [0.29, 0.717) is 0 Å². The molecule has 11 rings (SSSR count). The summed E-state index contributed by atoms with van der Waals surface area (Å²) in [4.78, 5) is 2.47. The van der Waals surface area contributed by atoms with Gasteiger partial charge in [-0.3, -0.25) is 0 Å². The van der Waals surface area contributed by atoms with E-state index in [0.717, 1.165) is 17.1 Å². The van der Waals surface area contributed by atoms with Crippen molar-refractivity contribution in [3.63, 3.8) is 0 Å². The van der Waals surface area contributed by atoms with Gasteiger partial charge < -0.3 is 4.90 Å². The van der Waals surface area contributed by atoms with Gasteiger partial charge in [0.25, 0.3) is 0 Å². The van der Waals surface area contributed by atoms with E-state index in [9.17, 15) is 0 Å². The van der Waals surface area contributed by atoms with Crippen molar-refractivity contribution >= 4 is 17.1 Å². The highest BCUT2D eigenvalue weighted by molar-refractivity contribution is 6.01. The Morgan fingerprint density at radius 1 is 0.268 bits per heavy atom. The Kier molecular flexibility index (Phi) is 7.47. The highest BCUT2D eigenvalue weighted by atomic mass is 15.1. The molecule has 262 valence electrons. The van der Waals surface area contributed by atoms with Crippen molar-refractivity contribution in [2.24, 2.45) is 0 Å². The predicted octanol–water partition coefficient (Wildman–Crippen LogP) is 14.5. The smallest absolute Gasteiger partial charge is 0.0726 e. The molecular formula is C55H37N. The molecule has 1 spiro atoms. The van der Waals surface area contributed by atoms with Gasteiger partial charge in [0.05, 0.1) is 11.1 Å². The van der Waals surface area contributed by atoms with Gasteiger partial charge in [-0.2, -0.15) is 0 Å². The normalized spacial score (nSPS) is 12.8. The molecule has 0 heterocycles. The summed E-state index contributed by atoms with van der Waals surface area (Å²) in [7, 11) is 0. The molecule has 0 saturated heterocycles. The lowest BCUT2D eigenvalue weighted by Gasteiger charge is -2.32. The van der Waals surface area contributed by atoms with Crippen LogP contribution in [-0.4, -0.2) is 0 Å². The Bertz CT molecular complexity index is 2840. The molecule has 0 aromatic heterocycles. The van der Waals surface area contributed by atoms with Crippen LogP contribution in [0.1, 0.15) is 22.3 Å². The van der Waals surface area contributed by atoms with Crippen molar-refractivity contribution in [1.82, 2.24) is 0 Å². The second-order valence-electron chi connectivity index (χ2n) is 14.8. The first-order chi connectivity index (χ1) is 27.8. The number of hydrogen-bond acceptors (Lipinski definition) is 1. The summed E-state index contributed by atoms with van der Waals surface area (Å²) < 4.78 is 0. The summed E-state index contributed by atoms with van der Waals surface area (Å²) in [5.74, 6) is 0. The SMILES string of the molecule is c1ccc(-c2ccc(-c3cccc(N(c4ccc(-c5ccccc5)cc4)c4cccc5c4-c4ccccc4C54c5ccccc5-c5ccccc54)c3)cc2)cc1. The maximum atomic E-state index is 2.47. The molecule has 0 amide bonds. The highest BCUT2D eigenvalue weighted by Crippen LogP contribution is 2.64. The van der Waals surface area contributed by atoms with Crippen LogP contribution in [0.25, 0.3) is 55.6 Å². The molecular weight excluding hydrogens is 675 g/mol. The first kappa shape index (κ1) is 32.2. The van der Waals surface area contributed by atoms with E-state index >= 15 is 0 Å². The number of nitrogens with zero attached hydrogens (tertiary/aromatic N) is 1. The van der Waals surface area contributed by atoms with Crippen LogP contribution < -0.4 is 4.90 Å². The standard InChI is InChI=1S/C55H37N/c1-3-15-38(16-4-1)40-29-31-42(32-30-40)43-19-13-20-45(37-43)56(44-35-33-41(34-36-44)39-17-5-2-6-18-39)53-28-14-27-52-54(53)48-23-9-12-26-51(48)55(52)49-24-10-7-21-46(49)47-22-8-11-25-50(47)55/h1-37H. The molecule has 0 radical (unpaired) electrons. The van der Waals surface area contributed by atoms with Crippen LogP contribution in [0.2, 0.25) is 0 Å². The van der Waals surface area contributed by atoms with Gasteiger partial charge in [0.15, 0.2) is 0 Å². The van der Waals surface area contributed by atoms with E-state index in [1.807, 2.05) is 0 Å².